The molecule has 0 N–H and O–H groups in total. The van der Waals surface area contributed by atoms with Crippen LogP contribution < -0.4 is 0 Å². The second-order valence-corrected chi connectivity index (χ2v) is 36.5. The maximum absolute atomic E-state index is 6.56. The molecule has 0 aliphatic heterocycles. The number of hydrogen-bond acceptors (Lipinski definition) is 6. The number of aromatic nitrogens is 3. The van der Waals surface area contributed by atoms with E-state index in [9.17, 15) is 0 Å². The Kier molecular flexibility index (Phi) is 19.9. The highest BCUT2D eigenvalue weighted by Crippen LogP contribution is 2.51. The smallest absolute Gasteiger partial charge is 0.227 e. The van der Waals surface area contributed by atoms with Gasteiger partial charge in [0.2, 0.25) is 17.7 Å². The molecule has 0 spiro atoms. The van der Waals surface area contributed by atoms with Gasteiger partial charge in [0.25, 0.3) is 0 Å². The molecule has 0 saturated carbocycles. The molecule has 3 heterocycles. The van der Waals surface area contributed by atoms with Crippen molar-refractivity contribution >= 4 is 163 Å². The minimum atomic E-state index is 0.639. The molecule has 29 aromatic rings. The van der Waals surface area contributed by atoms with Gasteiger partial charge in [-0.05, 0) is 281 Å². The number of hydrogen-bond donors (Lipinski definition) is 0. The van der Waals surface area contributed by atoms with E-state index in [0.29, 0.717) is 17.7 Å². The largest absolute Gasteiger partial charge is 0.435 e. The van der Waals surface area contributed by atoms with E-state index >= 15 is 0 Å². The fourth-order valence-corrected chi connectivity index (χ4v) is 22.0. The van der Waals surface area contributed by atoms with Crippen LogP contribution in [0.25, 0.3) is 286 Å². The molecule has 3 aromatic heterocycles. The van der Waals surface area contributed by atoms with Crippen molar-refractivity contribution in [3.05, 3.63) is 504 Å². The van der Waals surface area contributed by atoms with Crippen LogP contribution in [0.5, 0.6) is 0 Å². The summed E-state index contributed by atoms with van der Waals surface area (Å²) in [6.45, 7) is 0. The number of oxazole rings is 3. The Labute approximate surface area is 811 Å². The summed E-state index contributed by atoms with van der Waals surface area (Å²) in [6, 6.07) is 180. The Bertz CT molecular complexity index is 9860. The maximum atomic E-state index is 6.56. The Morgan fingerprint density at radius 3 is 0.681 bits per heavy atom. The second kappa shape index (κ2) is 34.3. The van der Waals surface area contributed by atoms with E-state index in [4.69, 9.17) is 28.2 Å². The van der Waals surface area contributed by atoms with Crippen molar-refractivity contribution < 1.29 is 13.3 Å². The lowest BCUT2D eigenvalue weighted by molar-refractivity contribution is 0.623. The van der Waals surface area contributed by atoms with Gasteiger partial charge in [0.15, 0.2) is 16.7 Å². The fraction of sp³-hybridized carbons (Fsp3) is 0. The zero-order valence-corrected chi connectivity index (χ0v) is 76.5. The Balaban J connectivity index is 0.000000106. The Morgan fingerprint density at radius 1 is 0.121 bits per heavy atom. The molecule has 0 bridgehead atoms. The van der Waals surface area contributed by atoms with Crippen LogP contribution >= 0.6 is 0 Å². The van der Waals surface area contributed by atoms with Crippen LogP contribution in [0.4, 0.5) is 0 Å². The molecule has 0 amide bonds. The minimum absolute atomic E-state index is 0.639. The molecule has 0 fully saturated rings. The predicted molar refractivity (Wildman–Crippen MR) is 592 cm³/mol. The normalized spacial score (nSPS) is 11.7. The molecule has 29 rings (SSSR count). The first-order valence-electron chi connectivity index (χ1n) is 48.1. The van der Waals surface area contributed by atoms with Gasteiger partial charge < -0.3 is 13.3 Å². The summed E-state index contributed by atoms with van der Waals surface area (Å²) in [5, 5.41) is 28.6. The lowest BCUT2D eigenvalue weighted by Crippen LogP contribution is -1.91. The molecule has 0 unspecified atom stereocenters. The summed E-state index contributed by atoms with van der Waals surface area (Å²) in [4.78, 5) is 14.6. The van der Waals surface area contributed by atoms with Gasteiger partial charge in [-0.2, -0.15) is 0 Å². The average molecular weight is 1800 g/mol. The molecule has 656 valence electrons. The van der Waals surface area contributed by atoms with Crippen LogP contribution in [0, 0.1) is 0 Å². The highest BCUT2D eigenvalue weighted by atomic mass is 16.4. The molecule has 6 heteroatoms. The van der Waals surface area contributed by atoms with Crippen LogP contribution in [-0.4, -0.2) is 15.0 Å². The maximum Gasteiger partial charge on any atom is 0.227 e. The van der Waals surface area contributed by atoms with E-state index in [1.807, 2.05) is 91.0 Å². The van der Waals surface area contributed by atoms with Gasteiger partial charge in [0, 0.05) is 32.8 Å². The van der Waals surface area contributed by atoms with Gasteiger partial charge >= 0.3 is 0 Å². The Morgan fingerprint density at radius 2 is 0.333 bits per heavy atom. The third kappa shape index (κ3) is 14.2. The SMILES string of the molecule is c1ccc(-c2ccc(-c3c4ccccc4c(-c4ccc5ccc6ccc7nc(-c8ccccc8)oc7c6c5c4)c4ccccc34)cc2)cc1.c1ccc(-c2cccc(-c3c4ccccc4c(-c4ccc5ccc6ccc7nc(-c8ccccc8)oc7c6c5c4)c4ccccc34)c2)cc1.c1ccc(-c2nc3ccc4ccc5cc(-c6c7ccccc7c(-c7ccccc7)c7ccccc67)ccc5c4c3o2)cc1. The lowest BCUT2D eigenvalue weighted by Gasteiger charge is -2.18. The summed E-state index contributed by atoms with van der Waals surface area (Å²) < 4.78 is 19.6. The number of rotatable bonds is 11. The third-order valence-corrected chi connectivity index (χ3v) is 28.4. The quantitative estimate of drug-likeness (QED) is 0.0948. The van der Waals surface area contributed by atoms with Crippen molar-refractivity contribution in [1.29, 1.82) is 0 Å². The summed E-state index contributed by atoms with van der Waals surface area (Å²) in [5.74, 6) is 1.92. The molecule has 0 saturated heterocycles. The summed E-state index contributed by atoms with van der Waals surface area (Å²) >= 11 is 0. The van der Waals surface area contributed by atoms with Crippen molar-refractivity contribution in [2.24, 2.45) is 0 Å². The highest BCUT2D eigenvalue weighted by molar-refractivity contribution is 6.28. The first-order valence-corrected chi connectivity index (χ1v) is 48.1. The monoisotopic (exact) mass is 1790 g/mol. The van der Waals surface area contributed by atoms with E-state index in [1.54, 1.807) is 0 Å². The molecule has 26 aromatic carbocycles. The van der Waals surface area contributed by atoms with Crippen LogP contribution in [0.3, 0.4) is 0 Å². The highest BCUT2D eigenvalue weighted by Gasteiger charge is 2.26. The van der Waals surface area contributed by atoms with Crippen molar-refractivity contribution in [2.75, 3.05) is 0 Å². The van der Waals surface area contributed by atoms with Crippen molar-refractivity contribution in [1.82, 2.24) is 15.0 Å². The minimum Gasteiger partial charge on any atom is -0.435 e. The predicted octanol–water partition coefficient (Wildman–Crippen LogP) is 37.7. The number of benzene rings is 26. The van der Waals surface area contributed by atoms with Gasteiger partial charge in [0.1, 0.15) is 16.6 Å². The van der Waals surface area contributed by atoms with Crippen LogP contribution in [0.1, 0.15) is 0 Å². The molecule has 0 radical (unpaired) electrons. The first-order chi connectivity index (χ1) is 69.9. The molecule has 0 aliphatic rings. The van der Waals surface area contributed by atoms with E-state index in [0.717, 1.165) is 98.5 Å². The molecule has 0 atom stereocenters. The van der Waals surface area contributed by atoms with Gasteiger partial charge in [-0.1, -0.05) is 425 Å². The zero-order valence-electron chi connectivity index (χ0n) is 76.5. The summed E-state index contributed by atoms with van der Waals surface area (Å²) in [6.07, 6.45) is 0. The molecule has 141 heavy (non-hydrogen) atoms. The standard InChI is InChI=1S/2C47H29NO.C41H25NO/c1-3-12-30(13-4-1)34-16-11-17-35(28-34)43-37-18-7-9-20-39(37)44(40-21-10-8-19-38(40)43)36-25-23-31-22-24-32-26-27-42-46(45(32)41(31)29-36)49-47(48-42)33-14-5-2-6-15-33;1-3-11-30(12-4-1)31-19-23-33(24-20-31)43-37-15-7-9-17-39(37)44(40-18-10-8-16-38(40)43)36-26-22-32-21-25-34-27-28-42-46(45(34)41(32)29-36)49-47(48-42)35-13-5-2-6-14-35;1-3-11-26(12-4-1)37-32-15-7-9-17-34(32)38(35-18-10-8-16-33(35)37)30-21-23-31-29(25-30)20-19-27-22-24-36-40(39(27)31)43-41(42-36)28-13-5-2-6-14-28/h2*1-29H;1-25H. The van der Waals surface area contributed by atoms with Crippen LogP contribution in [0.2, 0.25) is 0 Å². The van der Waals surface area contributed by atoms with Gasteiger partial charge in [0.05, 0.1) is 0 Å². The Hall–Kier alpha value is -18.8. The molecular weight excluding hydrogens is 1710 g/mol. The summed E-state index contributed by atoms with van der Waals surface area (Å²) in [5.41, 5.74) is 27.6. The van der Waals surface area contributed by atoms with E-state index in [1.165, 1.54) is 170 Å². The molecule has 0 aliphatic carbocycles. The number of fused-ring (bicyclic) bond motifs is 21. The first kappa shape index (κ1) is 81.8. The third-order valence-electron chi connectivity index (χ3n) is 28.4. The fourth-order valence-electron chi connectivity index (χ4n) is 22.0. The van der Waals surface area contributed by atoms with Gasteiger partial charge in [-0.15, -0.1) is 0 Å². The zero-order chi connectivity index (χ0) is 93.0. The summed E-state index contributed by atoms with van der Waals surface area (Å²) in [7, 11) is 0. The van der Waals surface area contributed by atoms with Gasteiger partial charge in [-0.3, -0.25) is 0 Å². The van der Waals surface area contributed by atoms with Crippen molar-refractivity contribution in [3.8, 4) is 123 Å². The van der Waals surface area contributed by atoms with Crippen molar-refractivity contribution in [3.63, 3.8) is 0 Å². The molecular formula is C135H83N3O3. The van der Waals surface area contributed by atoms with Crippen LogP contribution in [0.15, 0.2) is 517 Å². The average Bonchev–Trinajstić information content (AvgIpc) is 0.798. The second-order valence-electron chi connectivity index (χ2n) is 36.5. The van der Waals surface area contributed by atoms with E-state index < -0.39 is 0 Å². The lowest BCUT2D eigenvalue weighted by atomic mass is 9.85. The van der Waals surface area contributed by atoms with Crippen molar-refractivity contribution in [2.45, 2.75) is 0 Å². The van der Waals surface area contributed by atoms with Crippen LogP contribution in [-0.2, 0) is 0 Å². The topological polar surface area (TPSA) is 78.1 Å². The van der Waals surface area contributed by atoms with E-state index in [2.05, 4.69) is 413 Å². The number of nitrogens with zero attached hydrogens (tertiary/aromatic N) is 3. The van der Waals surface area contributed by atoms with Gasteiger partial charge in [-0.25, -0.2) is 15.0 Å². The molecule has 6 nitrogen and oxygen atoms in total. The van der Waals surface area contributed by atoms with E-state index in [-0.39, 0.29) is 0 Å².